The first-order chi connectivity index (χ1) is 6.92. The van der Waals surface area contributed by atoms with Gasteiger partial charge in [0.05, 0.1) is 11.9 Å². The molecule has 3 nitrogen and oxygen atoms in total. The number of fused-ring (bicyclic) bond motifs is 1. The summed E-state index contributed by atoms with van der Waals surface area (Å²) in [5.41, 5.74) is 2.09. The maximum Gasteiger partial charge on any atom is 0.137 e. The van der Waals surface area contributed by atoms with E-state index in [-0.39, 0.29) is 0 Å². The maximum atomic E-state index is 4.29. The number of likely N-dealkylation sites (N-methyl/N-ethyl adjacent to an activating group) is 1. The summed E-state index contributed by atoms with van der Waals surface area (Å²) in [6.45, 7) is 0.875. The molecular weight excluding hydrogens is 174 g/mol. The number of nitrogens with zero attached hydrogens (tertiary/aromatic N) is 2. The van der Waals surface area contributed by atoms with Gasteiger partial charge in [0.2, 0.25) is 0 Å². The number of rotatable bonds is 3. The summed E-state index contributed by atoms with van der Waals surface area (Å²) in [5, 5.41) is 3.06. The molecule has 0 aliphatic heterocycles. The molecule has 2 rings (SSSR count). The number of hydrogen-bond acceptors (Lipinski definition) is 2. The van der Waals surface area contributed by atoms with Crippen LogP contribution in [0.2, 0.25) is 0 Å². The zero-order valence-corrected chi connectivity index (χ0v) is 8.14. The van der Waals surface area contributed by atoms with Crippen molar-refractivity contribution in [3.63, 3.8) is 0 Å². The Morgan fingerprint density at radius 1 is 1.50 bits per heavy atom. The maximum absolute atomic E-state index is 4.29. The van der Waals surface area contributed by atoms with Crippen LogP contribution in [0.15, 0.2) is 36.7 Å². The third-order valence-electron chi connectivity index (χ3n) is 2.06. The van der Waals surface area contributed by atoms with E-state index < -0.39 is 0 Å². The van der Waals surface area contributed by atoms with E-state index in [9.17, 15) is 0 Å². The Hall–Kier alpha value is -1.61. The van der Waals surface area contributed by atoms with Crippen molar-refractivity contribution in [2.24, 2.45) is 0 Å². The van der Waals surface area contributed by atoms with Gasteiger partial charge in [-0.25, -0.2) is 4.98 Å². The summed E-state index contributed by atoms with van der Waals surface area (Å²) in [7, 11) is 1.93. The quantitative estimate of drug-likeness (QED) is 0.790. The second-order valence-corrected chi connectivity index (χ2v) is 3.07. The molecule has 0 spiro atoms. The Kier molecular flexibility index (Phi) is 2.60. The Morgan fingerprint density at radius 2 is 2.43 bits per heavy atom. The molecule has 0 amide bonds. The van der Waals surface area contributed by atoms with E-state index in [2.05, 4.69) is 26.9 Å². The lowest BCUT2D eigenvalue weighted by atomic mass is 10.4. The third-order valence-corrected chi connectivity index (χ3v) is 2.06. The van der Waals surface area contributed by atoms with Crippen molar-refractivity contribution in [2.45, 2.75) is 0 Å². The molecule has 0 aliphatic rings. The van der Waals surface area contributed by atoms with Crippen molar-refractivity contribution in [3.8, 4) is 0 Å². The Morgan fingerprint density at radius 3 is 3.29 bits per heavy atom. The van der Waals surface area contributed by atoms with Gasteiger partial charge in [0.1, 0.15) is 5.65 Å². The second-order valence-electron chi connectivity index (χ2n) is 3.07. The van der Waals surface area contributed by atoms with Crippen molar-refractivity contribution in [1.82, 2.24) is 14.7 Å². The summed E-state index contributed by atoms with van der Waals surface area (Å²) < 4.78 is 2.06. The molecule has 2 heterocycles. The van der Waals surface area contributed by atoms with E-state index in [1.165, 1.54) is 0 Å². The molecule has 1 N–H and O–H groups in total. The Balaban J connectivity index is 2.34. The van der Waals surface area contributed by atoms with Gasteiger partial charge in [-0.3, -0.25) is 0 Å². The monoisotopic (exact) mass is 187 g/mol. The first-order valence-corrected chi connectivity index (χ1v) is 4.65. The van der Waals surface area contributed by atoms with Crippen LogP contribution in [0, 0.1) is 0 Å². The highest BCUT2D eigenvalue weighted by Crippen LogP contribution is 2.06. The standard InChI is InChI=1S/C11H13N3/c1-12-7-4-5-10-9-13-11-6-2-3-8-14(10)11/h2-6,8-9,12H,7H2,1H3. The predicted octanol–water partition coefficient (Wildman–Crippen LogP) is 1.57. The smallest absolute Gasteiger partial charge is 0.137 e. The molecule has 72 valence electrons. The first kappa shape index (κ1) is 8.97. The molecule has 2 aromatic rings. The fourth-order valence-electron chi connectivity index (χ4n) is 1.37. The molecule has 0 aromatic carbocycles. The predicted molar refractivity (Wildman–Crippen MR) is 58.2 cm³/mol. The van der Waals surface area contributed by atoms with Crippen molar-refractivity contribution >= 4 is 11.7 Å². The largest absolute Gasteiger partial charge is 0.316 e. The van der Waals surface area contributed by atoms with Crippen LogP contribution in [0.1, 0.15) is 5.69 Å². The van der Waals surface area contributed by atoms with Crippen LogP contribution in [0.3, 0.4) is 0 Å². The van der Waals surface area contributed by atoms with Crippen LogP contribution in [-0.4, -0.2) is 23.0 Å². The van der Waals surface area contributed by atoms with Crippen molar-refractivity contribution in [3.05, 3.63) is 42.4 Å². The molecule has 0 fully saturated rings. The van der Waals surface area contributed by atoms with E-state index in [1.807, 2.05) is 37.6 Å². The SMILES string of the molecule is CNCC=Cc1cnc2ccccn12. The molecule has 14 heavy (non-hydrogen) atoms. The molecule has 0 radical (unpaired) electrons. The zero-order valence-electron chi connectivity index (χ0n) is 8.14. The van der Waals surface area contributed by atoms with Gasteiger partial charge >= 0.3 is 0 Å². The van der Waals surface area contributed by atoms with Crippen LogP contribution in [0.4, 0.5) is 0 Å². The van der Waals surface area contributed by atoms with Crippen molar-refractivity contribution < 1.29 is 0 Å². The lowest BCUT2D eigenvalue weighted by Gasteiger charge is -1.94. The summed E-state index contributed by atoms with van der Waals surface area (Å²) >= 11 is 0. The van der Waals surface area contributed by atoms with E-state index >= 15 is 0 Å². The van der Waals surface area contributed by atoms with Crippen molar-refractivity contribution in [2.75, 3.05) is 13.6 Å². The van der Waals surface area contributed by atoms with Gasteiger partial charge in [-0.05, 0) is 25.3 Å². The minimum absolute atomic E-state index is 0.875. The minimum Gasteiger partial charge on any atom is -0.316 e. The Bertz CT molecular complexity index is 442. The van der Waals surface area contributed by atoms with Crippen molar-refractivity contribution in [1.29, 1.82) is 0 Å². The Labute approximate surface area is 83.1 Å². The molecule has 0 unspecified atom stereocenters. The molecule has 0 saturated heterocycles. The van der Waals surface area contributed by atoms with E-state index in [0.29, 0.717) is 0 Å². The van der Waals surface area contributed by atoms with Gasteiger partial charge in [0, 0.05) is 12.7 Å². The molecule has 0 aliphatic carbocycles. The number of imidazole rings is 1. The lowest BCUT2D eigenvalue weighted by molar-refractivity contribution is 0.922. The minimum atomic E-state index is 0.875. The van der Waals surface area contributed by atoms with E-state index in [4.69, 9.17) is 0 Å². The lowest BCUT2D eigenvalue weighted by Crippen LogP contribution is -2.03. The fourth-order valence-corrected chi connectivity index (χ4v) is 1.37. The molecular formula is C11H13N3. The van der Waals surface area contributed by atoms with Gasteiger partial charge in [-0.1, -0.05) is 12.1 Å². The summed E-state index contributed by atoms with van der Waals surface area (Å²) in [6.07, 6.45) is 8.04. The van der Waals surface area contributed by atoms with Crippen LogP contribution in [0.25, 0.3) is 11.7 Å². The highest BCUT2D eigenvalue weighted by molar-refractivity contribution is 5.52. The molecule has 3 heteroatoms. The normalized spacial score (nSPS) is 11.5. The zero-order chi connectivity index (χ0) is 9.80. The van der Waals surface area contributed by atoms with Crippen LogP contribution >= 0.6 is 0 Å². The van der Waals surface area contributed by atoms with Gasteiger partial charge in [0.15, 0.2) is 0 Å². The van der Waals surface area contributed by atoms with Crippen LogP contribution in [0.5, 0.6) is 0 Å². The van der Waals surface area contributed by atoms with E-state index in [1.54, 1.807) is 0 Å². The molecule has 0 bridgehead atoms. The summed E-state index contributed by atoms with van der Waals surface area (Å²) in [6, 6.07) is 5.99. The third kappa shape index (κ3) is 1.67. The van der Waals surface area contributed by atoms with Gasteiger partial charge in [0.25, 0.3) is 0 Å². The highest BCUT2D eigenvalue weighted by Gasteiger charge is 1.96. The number of aromatic nitrogens is 2. The number of nitrogens with one attached hydrogen (secondary N) is 1. The topological polar surface area (TPSA) is 29.3 Å². The van der Waals surface area contributed by atoms with Gasteiger partial charge in [-0.15, -0.1) is 0 Å². The van der Waals surface area contributed by atoms with Gasteiger partial charge < -0.3 is 9.72 Å². The number of pyridine rings is 1. The molecule has 2 aromatic heterocycles. The number of hydrogen-bond donors (Lipinski definition) is 1. The molecule has 0 saturated carbocycles. The average Bonchev–Trinajstić information content (AvgIpc) is 2.63. The summed E-state index contributed by atoms with van der Waals surface area (Å²) in [5.74, 6) is 0. The first-order valence-electron chi connectivity index (χ1n) is 4.65. The van der Waals surface area contributed by atoms with Gasteiger partial charge in [-0.2, -0.15) is 0 Å². The summed E-state index contributed by atoms with van der Waals surface area (Å²) in [4.78, 5) is 4.29. The fraction of sp³-hybridized carbons (Fsp3) is 0.182. The second kappa shape index (κ2) is 4.07. The highest BCUT2D eigenvalue weighted by atomic mass is 15.0. The molecule has 0 atom stereocenters. The average molecular weight is 187 g/mol. The van der Waals surface area contributed by atoms with E-state index in [0.717, 1.165) is 17.9 Å². The van der Waals surface area contributed by atoms with Crippen LogP contribution < -0.4 is 5.32 Å². The van der Waals surface area contributed by atoms with Crippen LogP contribution in [-0.2, 0) is 0 Å².